The van der Waals surface area contributed by atoms with Crippen molar-refractivity contribution in [2.75, 3.05) is 13.2 Å². The third kappa shape index (κ3) is 6.79. The van der Waals surface area contributed by atoms with Crippen LogP contribution in [0.1, 0.15) is 46.6 Å². The van der Waals surface area contributed by atoms with E-state index in [9.17, 15) is 9.90 Å². The molecule has 0 radical (unpaired) electrons. The fraction of sp³-hybridized carbons (Fsp3) is 0.706. The quantitative estimate of drug-likeness (QED) is 0.800. The van der Waals surface area contributed by atoms with Crippen molar-refractivity contribution in [3.05, 3.63) is 22.4 Å². The number of ether oxygens (including phenoxy) is 1. The molecule has 1 atom stereocenters. The molecule has 0 saturated carbocycles. The molecule has 1 heterocycles. The maximum atomic E-state index is 11.9. The smallest absolute Gasteiger partial charge is 0.407 e. The van der Waals surface area contributed by atoms with Gasteiger partial charge in [-0.2, -0.15) is 11.3 Å². The Labute approximate surface area is 137 Å². The molecule has 1 amide bonds. The van der Waals surface area contributed by atoms with Crippen LogP contribution in [0.4, 0.5) is 4.79 Å². The molecule has 126 valence electrons. The molecule has 0 saturated heterocycles. The molecule has 0 bridgehead atoms. The Morgan fingerprint density at radius 2 is 2.09 bits per heavy atom. The second-order valence-corrected chi connectivity index (χ2v) is 8.20. The van der Waals surface area contributed by atoms with E-state index in [4.69, 9.17) is 4.74 Å². The van der Waals surface area contributed by atoms with E-state index in [1.165, 1.54) is 5.56 Å². The van der Waals surface area contributed by atoms with Crippen LogP contribution in [0.25, 0.3) is 0 Å². The Morgan fingerprint density at radius 3 is 2.55 bits per heavy atom. The lowest BCUT2D eigenvalue weighted by atomic mass is 9.76. The van der Waals surface area contributed by atoms with E-state index in [1.54, 1.807) is 11.3 Å². The summed E-state index contributed by atoms with van der Waals surface area (Å²) >= 11 is 1.65. The summed E-state index contributed by atoms with van der Waals surface area (Å²) in [6, 6.07) is 2.07. The summed E-state index contributed by atoms with van der Waals surface area (Å²) < 4.78 is 5.29. The SMILES string of the molecule is CC(C)CC(CO)(CNC(=O)OC(C)(C)C)Cc1ccsc1. The monoisotopic (exact) mass is 327 g/mol. The zero-order valence-corrected chi connectivity index (χ0v) is 15.1. The minimum Gasteiger partial charge on any atom is -0.444 e. The Bertz CT molecular complexity index is 451. The van der Waals surface area contributed by atoms with Crippen molar-refractivity contribution in [3.8, 4) is 0 Å². The van der Waals surface area contributed by atoms with E-state index in [1.807, 2.05) is 26.2 Å². The minimum absolute atomic E-state index is 0.0385. The molecule has 0 aliphatic carbocycles. The lowest BCUT2D eigenvalue weighted by molar-refractivity contribution is 0.0440. The number of carbonyl (C=O) groups excluding carboxylic acids is 1. The third-order valence-corrected chi connectivity index (χ3v) is 4.07. The molecule has 0 aliphatic heterocycles. The van der Waals surface area contributed by atoms with Crippen LogP contribution >= 0.6 is 11.3 Å². The number of hydrogen-bond donors (Lipinski definition) is 2. The fourth-order valence-electron chi connectivity index (χ4n) is 2.65. The van der Waals surface area contributed by atoms with Gasteiger partial charge in [-0.3, -0.25) is 0 Å². The number of hydrogen-bond acceptors (Lipinski definition) is 4. The van der Waals surface area contributed by atoms with Gasteiger partial charge in [0.25, 0.3) is 0 Å². The molecule has 22 heavy (non-hydrogen) atoms. The summed E-state index contributed by atoms with van der Waals surface area (Å²) in [5, 5.41) is 16.9. The molecule has 0 fully saturated rings. The van der Waals surface area contributed by atoms with Gasteiger partial charge < -0.3 is 15.2 Å². The summed E-state index contributed by atoms with van der Waals surface area (Å²) in [6.07, 6.45) is 1.16. The molecular weight excluding hydrogens is 298 g/mol. The van der Waals surface area contributed by atoms with Crippen molar-refractivity contribution in [3.63, 3.8) is 0 Å². The summed E-state index contributed by atoms with van der Waals surface area (Å²) in [6.45, 7) is 10.2. The Morgan fingerprint density at radius 1 is 1.41 bits per heavy atom. The van der Waals surface area contributed by atoms with Crippen LogP contribution in [-0.2, 0) is 11.2 Å². The average Bonchev–Trinajstić information content (AvgIpc) is 2.86. The van der Waals surface area contributed by atoms with Crippen LogP contribution in [0.3, 0.4) is 0 Å². The van der Waals surface area contributed by atoms with Gasteiger partial charge in [-0.15, -0.1) is 0 Å². The van der Waals surface area contributed by atoms with Crippen molar-refractivity contribution in [1.82, 2.24) is 5.32 Å². The second-order valence-electron chi connectivity index (χ2n) is 7.42. The van der Waals surface area contributed by atoms with Gasteiger partial charge in [-0.25, -0.2) is 4.79 Å². The molecule has 0 aliphatic rings. The van der Waals surface area contributed by atoms with Crippen LogP contribution in [0.15, 0.2) is 16.8 Å². The number of alkyl carbamates (subject to hydrolysis) is 1. The van der Waals surface area contributed by atoms with E-state index in [0.29, 0.717) is 12.5 Å². The molecule has 1 unspecified atom stereocenters. The predicted octanol–water partition coefficient (Wildman–Crippen LogP) is 3.84. The molecule has 5 heteroatoms. The Kier molecular flexibility index (Phi) is 6.88. The fourth-order valence-corrected chi connectivity index (χ4v) is 3.32. The zero-order valence-electron chi connectivity index (χ0n) is 14.3. The first-order valence-electron chi connectivity index (χ1n) is 7.74. The van der Waals surface area contributed by atoms with Gasteiger partial charge in [-0.1, -0.05) is 13.8 Å². The van der Waals surface area contributed by atoms with Crippen molar-refractivity contribution >= 4 is 17.4 Å². The molecular formula is C17H29NO3S. The van der Waals surface area contributed by atoms with E-state index >= 15 is 0 Å². The van der Waals surface area contributed by atoms with Crippen LogP contribution in [0.5, 0.6) is 0 Å². The van der Waals surface area contributed by atoms with Gasteiger partial charge in [0, 0.05) is 12.0 Å². The first kappa shape index (κ1) is 19.0. The van der Waals surface area contributed by atoms with E-state index in [2.05, 4.69) is 30.6 Å². The van der Waals surface area contributed by atoms with Crippen LogP contribution < -0.4 is 5.32 Å². The van der Waals surface area contributed by atoms with Gasteiger partial charge in [0.1, 0.15) is 5.60 Å². The number of nitrogens with one attached hydrogen (secondary N) is 1. The molecule has 0 aromatic carbocycles. The predicted molar refractivity (Wildman–Crippen MR) is 91.2 cm³/mol. The highest BCUT2D eigenvalue weighted by Crippen LogP contribution is 2.31. The highest BCUT2D eigenvalue weighted by molar-refractivity contribution is 7.07. The Balaban J connectivity index is 2.74. The van der Waals surface area contributed by atoms with Gasteiger partial charge in [0.05, 0.1) is 6.61 Å². The summed E-state index contributed by atoms with van der Waals surface area (Å²) in [7, 11) is 0. The van der Waals surface area contributed by atoms with Gasteiger partial charge in [0.2, 0.25) is 0 Å². The van der Waals surface area contributed by atoms with E-state index in [-0.39, 0.29) is 12.0 Å². The number of rotatable bonds is 7. The minimum atomic E-state index is -0.517. The zero-order chi connectivity index (χ0) is 16.8. The van der Waals surface area contributed by atoms with Crippen molar-refractivity contribution in [1.29, 1.82) is 0 Å². The molecule has 2 N–H and O–H groups in total. The first-order valence-corrected chi connectivity index (χ1v) is 8.69. The molecule has 4 nitrogen and oxygen atoms in total. The lowest BCUT2D eigenvalue weighted by Crippen LogP contribution is -2.44. The van der Waals surface area contributed by atoms with E-state index in [0.717, 1.165) is 12.8 Å². The number of thiophene rings is 1. The normalized spacial score (nSPS) is 14.7. The van der Waals surface area contributed by atoms with Gasteiger partial charge in [-0.05, 0) is 61.9 Å². The number of carbonyl (C=O) groups is 1. The highest BCUT2D eigenvalue weighted by Gasteiger charge is 2.32. The van der Waals surface area contributed by atoms with Crippen LogP contribution in [-0.4, -0.2) is 30.0 Å². The summed E-state index contributed by atoms with van der Waals surface area (Å²) in [4.78, 5) is 11.9. The number of aliphatic hydroxyl groups is 1. The van der Waals surface area contributed by atoms with Crippen molar-refractivity contribution in [2.24, 2.45) is 11.3 Å². The standard InChI is InChI=1S/C17H29NO3S/c1-13(2)8-17(12-19,9-14-6-7-22-10-14)11-18-15(20)21-16(3,4)5/h6-7,10,13,19H,8-9,11-12H2,1-5H3,(H,18,20). The van der Waals surface area contributed by atoms with Crippen LogP contribution in [0, 0.1) is 11.3 Å². The summed E-state index contributed by atoms with van der Waals surface area (Å²) in [5.41, 5.74) is 0.328. The maximum Gasteiger partial charge on any atom is 0.407 e. The van der Waals surface area contributed by atoms with Crippen LogP contribution in [0.2, 0.25) is 0 Å². The van der Waals surface area contributed by atoms with Crippen molar-refractivity contribution < 1.29 is 14.6 Å². The number of amides is 1. The van der Waals surface area contributed by atoms with Gasteiger partial charge in [0.15, 0.2) is 0 Å². The maximum absolute atomic E-state index is 11.9. The third-order valence-electron chi connectivity index (χ3n) is 3.34. The van der Waals surface area contributed by atoms with Gasteiger partial charge >= 0.3 is 6.09 Å². The summed E-state index contributed by atoms with van der Waals surface area (Å²) in [5.74, 6) is 0.436. The molecule has 1 aromatic rings. The lowest BCUT2D eigenvalue weighted by Gasteiger charge is -2.34. The first-order chi connectivity index (χ1) is 10.2. The second kappa shape index (κ2) is 7.97. The molecule has 1 rings (SSSR count). The largest absolute Gasteiger partial charge is 0.444 e. The Hall–Kier alpha value is -1.07. The van der Waals surface area contributed by atoms with Crippen molar-refractivity contribution in [2.45, 2.75) is 53.1 Å². The topological polar surface area (TPSA) is 58.6 Å². The number of aliphatic hydroxyl groups excluding tert-OH is 1. The highest BCUT2D eigenvalue weighted by atomic mass is 32.1. The molecule has 1 aromatic heterocycles. The average molecular weight is 327 g/mol. The molecule has 0 spiro atoms. The van der Waals surface area contributed by atoms with E-state index < -0.39 is 11.7 Å².